The second-order valence-corrected chi connectivity index (χ2v) is 8.08. The topological polar surface area (TPSA) is 30.2 Å². The predicted octanol–water partition coefficient (Wildman–Crippen LogP) is 3.96. The van der Waals surface area contributed by atoms with E-state index in [9.17, 15) is 4.79 Å². The monoisotopic (exact) mass is 392 g/mol. The van der Waals surface area contributed by atoms with E-state index < -0.39 is 0 Å². The third kappa shape index (κ3) is 3.17. The van der Waals surface area contributed by atoms with E-state index in [1.165, 1.54) is 8.92 Å². The zero-order valence-electron chi connectivity index (χ0n) is 13.7. The summed E-state index contributed by atoms with van der Waals surface area (Å²) in [5.74, 6) is 1.02. The number of hydrogen-bond donors (Lipinski definition) is 0. The molecular weight excluding hydrogens is 375 g/mol. The van der Waals surface area contributed by atoms with E-state index in [1.807, 2.05) is 54.6 Å². The van der Waals surface area contributed by atoms with Crippen molar-refractivity contribution < 1.29 is 9.21 Å². The first-order chi connectivity index (χ1) is 12.2. The van der Waals surface area contributed by atoms with Gasteiger partial charge in [0.05, 0.1) is 0 Å². The van der Waals surface area contributed by atoms with Crippen LogP contribution in [0.25, 0.3) is 22.3 Å². The van der Waals surface area contributed by atoms with Crippen LogP contribution in [0.3, 0.4) is 0 Å². The Hall–Kier alpha value is -2.61. The van der Waals surface area contributed by atoms with Gasteiger partial charge in [0, 0.05) is 0 Å². The molecule has 4 aromatic rings. The summed E-state index contributed by atoms with van der Waals surface area (Å²) in [6.07, 6.45) is 0. The molecule has 0 saturated heterocycles. The van der Waals surface area contributed by atoms with Crippen LogP contribution in [0.1, 0.15) is 17.3 Å². The van der Waals surface area contributed by atoms with Crippen LogP contribution in [-0.4, -0.2) is 20.7 Å². The van der Waals surface area contributed by atoms with Gasteiger partial charge >= 0.3 is 153 Å². The fourth-order valence-electron chi connectivity index (χ4n) is 2.80. The number of carbonyl (C=O) groups excluding carboxylic acids is 1. The molecule has 0 aliphatic carbocycles. The molecule has 0 unspecified atom stereocenters. The van der Waals surface area contributed by atoms with Gasteiger partial charge in [-0.05, 0) is 0 Å². The molecule has 1 heterocycles. The van der Waals surface area contributed by atoms with Gasteiger partial charge in [-0.1, -0.05) is 0 Å². The standard InChI is InChI=1S/C22H16O2Se/c1-15(23)17-10-7-11-18(14-17)25-22-19-12-5-6-13-20(19)24-21(22)16-8-3-2-4-9-16/h2-14H,1H3. The summed E-state index contributed by atoms with van der Waals surface area (Å²) < 4.78 is 8.57. The Kier molecular flexibility index (Phi) is 4.27. The molecule has 0 atom stereocenters. The van der Waals surface area contributed by atoms with Crippen molar-refractivity contribution in [2.45, 2.75) is 6.92 Å². The van der Waals surface area contributed by atoms with Gasteiger partial charge in [-0.3, -0.25) is 0 Å². The van der Waals surface area contributed by atoms with E-state index in [2.05, 4.69) is 24.3 Å². The molecule has 0 aliphatic rings. The van der Waals surface area contributed by atoms with Crippen LogP contribution < -0.4 is 8.92 Å². The van der Waals surface area contributed by atoms with Crippen LogP contribution in [0, 0.1) is 0 Å². The van der Waals surface area contributed by atoms with Crippen molar-refractivity contribution in [1.29, 1.82) is 0 Å². The van der Waals surface area contributed by atoms with Crippen molar-refractivity contribution in [2.24, 2.45) is 0 Å². The summed E-state index contributed by atoms with van der Waals surface area (Å²) >= 11 is 0.0449. The molecule has 0 radical (unpaired) electrons. The number of furan rings is 1. The third-order valence-electron chi connectivity index (χ3n) is 4.05. The van der Waals surface area contributed by atoms with Crippen molar-refractivity contribution in [1.82, 2.24) is 0 Å². The summed E-state index contributed by atoms with van der Waals surface area (Å²) in [5, 5.41) is 1.15. The Labute approximate surface area is 152 Å². The Morgan fingerprint density at radius 3 is 2.44 bits per heavy atom. The van der Waals surface area contributed by atoms with Crippen LogP contribution in [0.15, 0.2) is 83.3 Å². The molecule has 25 heavy (non-hydrogen) atoms. The Balaban J connectivity index is 1.86. The van der Waals surface area contributed by atoms with Crippen LogP contribution in [0.2, 0.25) is 0 Å². The predicted molar refractivity (Wildman–Crippen MR) is 103 cm³/mol. The zero-order chi connectivity index (χ0) is 17.2. The minimum absolute atomic E-state index is 0.0449. The fraction of sp³-hybridized carbons (Fsp3) is 0.0455. The van der Waals surface area contributed by atoms with Gasteiger partial charge in [0.1, 0.15) is 0 Å². The average molecular weight is 391 g/mol. The van der Waals surface area contributed by atoms with Crippen molar-refractivity contribution in [3.63, 3.8) is 0 Å². The number of ketones is 1. The van der Waals surface area contributed by atoms with Crippen LogP contribution in [0.5, 0.6) is 0 Å². The first-order valence-electron chi connectivity index (χ1n) is 8.08. The van der Waals surface area contributed by atoms with Crippen LogP contribution >= 0.6 is 0 Å². The van der Waals surface area contributed by atoms with Crippen molar-refractivity contribution in [2.75, 3.05) is 0 Å². The normalized spacial score (nSPS) is 10.9. The SMILES string of the molecule is CC(=O)c1cccc([Se]c2c(-c3ccccc3)oc3ccccc23)c1. The van der Waals surface area contributed by atoms with Crippen molar-refractivity contribution >= 4 is 40.6 Å². The molecular formula is C22H16O2Se. The number of benzene rings is 3. The van der Waals surface area contributed by atoms with Gasteiger partial charge < -0.3 is 0 Å². The third-order valence-corrected chi connectivity index (χ3v) is 6.35. The van der Waals surface area contributed by atoms with E-state index >= 15 is 0 Å². The molecule has 0 saturated carbocycles. The zero-order valence-corrected chi connectivity index (χ0v) is 15.4. The Morgan fingerprint density at radius 1 is 0.880 bits per heavy atom. The maximum absolute atomic E-state index is 11.7. The van der Waals surface area contributed by atoms with E-state index in [4.69, 9.17) is 4.42 Å². The molecule has 0 aliphatic heterocycles. The summed E-state index contributed by atoms with van der Waals surface area (Å²) in [6.45, 7) is 1.61. The summed E-state index contributed by atoms with van der Waals surface area (Å²) in [7, 11) is 0. The molecule has 3 aromatic carbocycles. The number of fused-ring (bicyclic) bond motifs is 1. The second kappa shape index (κ2) is 6.72. The van der Waals surface area contributed by atoms with Crippen molar-refractivity contribution in [3.8, 4) is 11.3 Å². The van der Waals surface area contributed by atoms with Gasteiger partial charge in [0.2, 0.25) is 0 Å². The summed E-state index contributed by atoms with van der Waals surface area (Å²) in [6, 6.07) is 26.3. The van der Waals surface area contributed by atoms with Crippen LogP contribution in [0.4, 0.5) is 0 Å². The first kappa shape index (κ1) is 15.9. The van der Waals surface area contributed by atoms with Gasteiger partial charge in [0.15, 0.2) is 0 Å². The van der Waals surface area contributed by atoms with Gasteiger partial charge in [-0.15, -0.1) is 0 Å². The first-order valence-corrected chi connectivity index (χ1v) is 9.79. The molecule has 0 bridgehead atoms. The molecule has 0 fully saturated rings. The fourth-order valence-corrected chi connectivity index (χ4v) is 5.10. The summed E-state index contributed by atoms with van der Waals surface area (Å²) in [4.78, 5) is 11.7. The molecule has 2 nitrogen and oxygen atoms in total. The molecule has 122 valence electrons. The Morgan fingerprint density at radius 2 is 1.64 bits per heavy atom. The number of rotatable bonds is 4. The summed E-state index contributed by atoms with van der Waals surface area (Å²) in [5.41, 5.74) is 2.74. The molecule has 0 amide bonds. The van der Waals surface area contributed by atoms with E-state index in [-0.39, 0.29) is 20.7 Å². The number of hydrogen-bond acceptors (Lipinski definition) is 2. The minimum atomic E-state index is 0.0449. The molecule has 0 spiro atoms. The Bertz CT molecular complexity index is 1050. The van der Waals surface area contributed by atoms with Gasteiger partial charge in [-0.2, -0.15) is 0 Å². The van der Waals surface area contributed by atoms with Crippen LogP contribution in [-0.2, 0) is 0 Å². The molecule has 0 N–H and O–H groups in total. The van der Waals surface area contributed by atoms with E-state index in [1.54, 1.807) is 6.92 Å². The molecule has 4 rings (SSSR count). The second-order valence-electron chi connectivity index (χ2n) is 5.81. The van der Waals surface area contributed by atoms with E-state index in [0.717, 1.165) is 27.9 Å². The van der Waals surface area contributed by atoms with Gasteiger partial charge in [0.25, 0.3) is 0 Å². The molecule has 3 heteroatoms. The number of para-hydroxylation sites is 1. The quantitative estimate of drug-likeness (QED) is 0.390. The number of Topliss-reactive ketones (excluding diaryl/α,β-unsaturated/α-hetero) is 1. The molecule has 1 aromatic heterocycles. The average Bonchev–Trinajstić information content (AvgIpc) is 3.01. The van der Waals surface area contributed by atoms with Crippen molar-refractivity contribution in [3.05, 3.63) is 84.4 Å². The number of carbonyl (C=O) groups is 1. The van der Waals surface area contributed by atoms with Gasteiger partial charge in [-0.25, -0.2) is 0 Å². The maximum atomic E-state index is 11.7. The van der Waals surface area contributed by atoms with E-state index in [0.29, 0.717) is 0 Å².